The molecule has 0 aliphatic heterocycles. The molecule has 0 spiro atoms. The molecule has 114 valence electrons. The zero-order valence-corrected chi connectivity index (χ0v) is 14.2. The minimum Gasteiger partial charge on any atom is -0.364 e. The van der Waals surface area contributed by atoms with Crippen LogP contribution in [0, 0.1) is 0 Å². The summed E-state index contributed by atoms with van der Waals surface area (Å²) in [4.78, 5) is 10.8. The van der Waals surface area contributed by atoms with E-state index in [0.29, 0.717) is 9.91 Å². The van der Waals surface area contributed by atoms with Crippen molar-refractivity contribution in [2.24, 2.45) is 4.99 Å². The van der Waals surface area contributed by atoms with Gasteiger partial charge in [0.05, 0.1) is 5.69 Å². The minimum absolute atomic E-state index is 0.429. The van der Waals surface area contributed by atoms with E-state index >= 15 is 0 Å². The van der Waals surface area contributed by atoms with E-state index in [1.54, 1.807) is 7.05 Å². The van der Waals surface area contributed by atoms with Crippen LogP contribution in [0.2, 0.25) is 0 Å². The van der Waals surface area contributed by atoms with Gasteiger partial charge in [0.25, 0.3) is 0 Å². The molecule has 0 aliphatic rings. The number of thiocarbonyl (C=S) groups is 1. The number of hydrogen-bond acceptors (Lipinski definition) is 3. The predicted molar refractivity (Wildman–Crippen MR) is 100 cm³/mol. The van der Waals surface area contributed by atoms with Crippen LogP contribution < -0.4 is 10.1 Å². The molecule has 0 amide bonds. The third kappa shape index (κ3) is 3.88. The van der Waals surface area contributed by atoms with Crippen LogP contribution in [0.15, 0.2) is 71.7 Å². The summed E-state index contributed by atoms with van der Waals surface area (Å²) in [7, 11) is 1.76. The fraction of sp³-hybridized carbons (Fsp3) is 0.0556. The molecule has 1 heterocycles. The molecule has 23 heavy (non-hydrogen) atoms. The zero-order valence-electron chi connectivity index (χ0n) is 12.6. The van der Waals surface area contributed by atoms with Gasteiger partial charge in [0.15, 0.2) is 5.11 Å². The van der Waals surface area contributed by atoms with E-state index in [0.717, 1.165) is 21.7 Å². The molecule has 1 aromatic heterocycles. The second-order valence-electron chi connectivity index (χ2n) is 4.79. The van der Waals surface area contributed by atoms with Crippen LogP contribution in [0.4, 0.5) is 0 Å². The van der Waals surface area contributed by atoms with Crippen molar-refractivity contribution < 1.29 is 0 Å². The molecule has 0 radical (unpaired) electrons. The highest BCUT2D eigenvalue weighted by Gasteiger charge is 2.05. The first-order valence-electron chi connectivity index (χ1n) is 7.16. The third-order valence-corrected chi connectivity index (χ3v) is 4.46. The van der Waals surface area contributed by atoms with Gasteiger partial charge < -0.3 is 5.32 Å². The van der Waals surface area contributed by atoms with Gasteiger partial charge in [-0.3, -0.25) is 0 Å². The standard InChI is InChI=1S/C18H15N3S2/c1-19-17(22)21-18-20-15(13-8-4-2-5-9-13)12-16(23-18)14-10-6-3-7-11-14/h2-12H,1H3,(H,19,22). The van der Waals surface area contributed by atoms with Gasteiger partial charge in [-0.25, -0.2) is 4.98 Å². The Kier molecular flexibility index (Phi) is 4.90. The first-order valence-corrected chi connectivity index (χ1v) is 8.38. The number of benzene rings is 2. The monoisotopic (exact) mass is 337 g/mol. The Labute approximate surface area is 144 Å². The van der Waals surface area contributed by atoms with Crippen molar-refractivity contribution in [2.75, 3.05) is 7.05 Å². The normalized spacial score (nSPS) is 11.3. The molecule has 0 fully saturated rings. The maximum absolute atomic E-state index is 5.15. The fourth-order valence-corrected chi connectivity index (χ4v) is 3.15. The average molecular weight is 337 g/mol. The lowest BCUT2D eigenvalue weighted by Crippen LogP contribution is -2.17. The quantitative estimate of drug-likeness (QED) is 0.721. The summed E-state index contributed by atoms with van der Waals surface area (Å²) in [5, 5.41) is 3.29. The molecule has 3 nitrogen and oxygen atoms in total. The van der Waals surface area contributed by atoms with E-state index in [1.807, 2.05) is 48.5 Å². The highest BCUT2D eigenvalue weighted by molar-refractivity contribution is 7.80. The zero-order chi connectivity index (χ0) is 16.1. The second kappa shape index (κ2) is 7.26. The van der Waals surface area contributed by atoms with Gasteiger partial charge in [-0.05, 0) is 23.8 Å². The van der Waals surface area contributed by atoms with E-state index < -0.39 is 0 Å². The number of hydrogen-bond donors (Lipinski definition) is 1. The number of aromatic nitrogens is 1. The molecule has 0 unspecified atom stereocenters. The van der Waals surface area contributed by atoms with Crippen molar-refractivity contribution in [2.45, 2.75) is 0 Å². The van der Waals surface area contributed by atoms with Gasteiger partial charge in [0.1, 0.15) is 0 Å². The molecule has 0 atom stereocenters. The first kappa shape index (κ1) is 15.5. The maximum atomic E-state index is 5.15. The summed E-state index contributed by atoms with van der Waals surface area (Å²) in [5.41, 5.74) is 3.09. The first-order chi connectivity index (χ1) is 11.3. The van der Waals surface area contributed by atoms with Gasteiger partial charge in [-0.2, -0.15) is 4.99 Å². The van der Waals surface area contributed by atoms with Crippen molar-refractivity contribution in [3.8, 4) is 21.7 Å². The van der Waals surface area contributed by atoms with E-state index in [-0.39, 0.29) is 0 Å². The maximum Gasteiger partial charge on any atom is 0.212 e. The Morgan fingerprint density at radius 1 is 1.00 bits per heavy atom. The third-order valence-electron chi connectivity index (χ3n) is 3.22. The van der Waals surface area contributed by atoms with E-state index in [1.165, 1.54) is 11.3 Å². The van der Waals surface area contributed by atoms with Gasteiger partial charge in [0.2, 0.25) is 4.80 Å². The van der Waals surface area contributed by atoms with Crippen LogP contribution in [0.3, 0.4) is 0 Å². The molecule has 0 saturated carbocycles. The van der Waals surface area contributed by atoms with Gasteiger partial charge in [0, 0.05) is 17.5 Å². The topological polar surface area (TPSA) is 37.3 Å². The van der Waals surface area contributed by atoms with Crippen molar-refractivity contribution in [1.82, 2.24) is 10.3 Å². The Morgan fingerprint density at radius 3 is 2.22 bits per heavy atom. The summed E-state index contributed by atoms with van der Waals surface area (Å²) in [6, 6.07) is 22.4. The lowest BCUT2D eigenvalue weighted by molar-refractivity contribution is 1.14. The molecule has 0 aliphatic carbocycles. The summed E-state index contributed by atoms with van der Waals surface area (Å²) >= 11 is 6.67. The van der Waals surface area contributed by atoms with Crippen molar-refractivity contribution in [3.63, 3.8) is 0 Å². The van der Waals surface area contributed by atoms with Crippen molar-refractivity contribution >= 4 is 28.7 Å². The predicted octanol–water partition coefficient (Wildman–Crippen LogP) is 3.88. The Hall–Kier alpha value is -2.37. The largest absolute Gasteiger partial charge is 0.364 e. The molecule has 0 saturated heterocycles. The van der Waals surface area contributed by atoms with Crippen LogP contribution in [-0.4, -0.2) is 17.1 Å². The van der Waals surface area contributed by atoms with Gasteiger partial charge >= 0.3 is 0 Å². The van der Waals surface area contributed by atoms with Gasteiger partial charge in [-0.1, -0.05) is 72.0 Å². The minimum atomic E-state index is 0.429. The summed E-state index contributed by atoms with van der Waals surface area (Å²) in [5.74, 6) is 0. The molecule has 3 aromatic rings. The Morgan fingerprint density at radius 2 is 1.61 bits per heavy atom. The summed E-state index contributed by atoms with van der Waals surface area (Å²) in [6.07, 6.45) is 0. The van der Waals surface area contributed by atoms with Crippen LogP contribution >= 0.6 is 23.6 Å². The molecule has 0 bridgehead atoms. The number of nitrogens with one attached hydrogen (secondary N) is 1. The molecule has 5 heteroatoms. The van der Waals surface area contributed by atoms with E-state index in [4.69, 9.17) is 12.2 Å². The fourth-order valence-electron chi connectivity index (χ4n) is 2.10. The van der Waals surface area contributed by atoms with Crippen molar-refractivity contribution in [1.29, 1.82) is 0 Å². The molecule has 1 N–H and O–H groups in total. The van der Waals surface area contributed by atoms with E-state index in [2.05, 4.69) is 33.5 Å². The lowest BCUT2D eigenvalue weighted by atomic mass is 10.1. The number of rotatable bonds is 2. The lowest BCUT2D eigenvalue weighted by Gasteiger charge is -2.05. The Bertz CT molecular complexity index is 811. The Balaban J connectivity index is 2.19. The van der Waals surface area contributed by atoms with E-state index in [9.17, 15) is 0 Å². The van der Waals surface area contributed by atoms with Crippen LogP contribution in [0.25, 0.3) is 21.7 Å². The van der Waals surface area contributed by atoms with Gasteiger partial charge in [-0.15, -0.1) is 0 Å². The van der Waals surface area contributed by atoms with Crippen LogP contribution in [0.5, 0.6) is 0 Å². The van der Waals surface area contributed by atoms with Crippen LogP contribution in [0.1, 0.15) is 0 Å². The number of nitrogens with zero attached hydrogens (tertiary/aromatic N) is 2. The molecular weight excluding hydrogens is 322 g/mol. The summed E-state index contributed by atoms with van der Waals surface area (Å²) in [6.45, 7) is 0. The molecule has 2 aromatic carbocycles. The van der Waals surface area contributed by atoms with Crippen LogP contribution in [-0.2, 0) is 0 Å². The summed E-state index contributed by atoms with van der Waals surface area (Å²) < 4.78 is 0. The van der Waals surface area contributed by atoms with Crippen molar-refractivity contribution in [3.05, 3.63) is 71.5 Å². The SMILES string of the molecule is CNC(=S)N=c1nc(-c2ccccc2)cc(-c2ccccc2)s1. The molecule has 3 rings (SSSR count). The highest BCUT2D eigenvalue weighted by Crippen LogP contribution is 2.25. The second-order valence-corrected chi connectivity index (χ2v) is 6.19. The average Bonchev–Trinajstić information content (AvgIpc) is 2.63. The highest BCUT2D eigenvalue weighted by atomic mass is 32.1. The molecular formula is C18H15N3S2. The smallest absolute Gasteiger partial charge is 0.212 e.